The Morgan fingerprint density at radius 1 is 1.10 bits per heavy atom. The number of nitrogens with one attached hydrogen (secondary N) is 1. The lowest BCUT2D eigenvalue weighted by Crippen LogP contribution is -2.31. The van der Waals surface area contributed by atoms with Gasteiger partial charge in [-0.2, -0.15) is 0 Å². The molecule has 0 aliphatic heterocycles. The summed E-state index contributed by atoms with van der Waals surface area (Å²) in [5, 5.41) is 3.02. The highest BCUT2D eigenvalue weighted by Crippen LogP contribution is 2.36. The number of amides is 1. The number of nitrogens with zero attached hydrogens (tertiary/aromatic N) is 1. The van der Waals surface area contributed by atoms with E-state index in [4.69, 9.17) is 4.74 Å². The first-order valence-electron chi connectivity index (χ1n) is 10.4. The van der Waals surface area contributed by atoms with E-state index in [0.717, 1.165) is 24.1 Å². The lowest BCUT2D eigenvalue weighted by Gasteiger charge is -2.22. The van der Waals surface area contributed by atoms with E-state index in [9.17, 15) is 9.18 Å². The van der Waals surface area contributed by atoms with Crippen LogP contribution in [0.25, 0.3) is 11.3 Å². The molecule has 0 spiro atoms. The third-order valence-corrected chi connectivity index (χ3v) is 5.44. The lowest BCUT2D eigenvalue weighted by atomic mass is 10.0. The molecule has 0 aliphatic carbocycles. The summed E-state index contributed by atoms with van der Waals surface area (Å²) in [6, 6.07) is 16.5. The largest absolute Gasteiger partial charge is 0.496 e. The SMILES string of the molecule is CCC(C)NC(=O)c1cc(-c2cc(F)ccc2OC)n([C@@H](CC)c2ccccc2)c1. The Labute approximate surface area is 177 Å². The third-order valence-electron chi connectivity index (χ3n) is 5.44. The van der Waals surface area contributed by atoms with E-state index in [1.807, 2.05) is 44.3 Å². The molecule has 0 radical (unpaired) electrons. The van der Waals surface area contributed by atoms with Gasteiger partial charge in [-0.1, -0.05) is 44.2 Å². The van der Waals surface area contributed by atoms with Gasteiger partial charge in [-0.15, -0.1) is 0 Å². The van der Waals surface area contributed by atoms with Gasteiger partial charge in [0.25, 0.3) is 5.91 Å². The van der Waals surface area contributed by atoms with Crippen molar-refractivity contribution in [3.05, 3.63) is 77.7 Å². The summed E-state index contributed by atoms with van der Waals surface area (Å²) in [6.07, 6.45) is 3.52. The van der Waals surface area contributed by atoms with E-state index in [0.29, 0.717) is 16.9 Å². The maximum absolute atomic E-state index is 14.1. The Morgan fingerprint density at radius 3 is 2.47 bits per heavy atom. The zero-order valence-electron chi connectivity index (χ0n) is 18.0. The summed E-state index contributed by atoms with van der Waals surface area (Å²) >= 11 is 0. The molecule has 2 atom stereocenters. The lowest BCUT2D eigenvalue weighted by molar-refractivity contribution is 0.0939. The number of aromatic nitrogens is 1. The summed E-state index contributed by atoms with van der Waals surface area (Å²) in [7, 11) is 1.56. The van der Waals surface area contributed by atoms with Crippen molar-refractivity contribution in [2.75, 3.05) is 7.11 Å². The van der Waals surface area contributed by atoms with Crippen molar-refractivity contribution >= 4 is 5.91 Å². The molecule has 0 saturated carbocycles. The van der Waals surface area contributed by atoms with Gasteiger partial charge >= 0.3 is 0 Å². The first-order valence-corrected chi connectivity index (χ1v) is 10.4. The number of carbonyl (C=O) groups excluding carboxylic acids is 1. The molecule has 158 valence electrons. The molecule has 1 aromatic heterocycles. The third kappa shape index (κ3) is 4.56. The fourth-order valence-corrected chi connectivity index (χ4v) is 3.64. The molecule has 3 aromatic rings. The van der Waals surface area contributed by atoms with Crippen molar-refractivity contribution in [1.82, 2.24) is 9.88 Å². The zero-order valence-corrected chi connectivity index (χ0v) is 18.0. The molecular formula is C25H29FN2O2. The molecule has 1 unspecified atom stereocenters. The Hall–Kier alpha value is -3.08. The minimum absolute atomic E-state index is 0.000628. The van der Waals surface area contributed by atoms with Crippen LogP contribution in [0, 0.1) is 5.82 Å². The molecule has 0 bridgehead atoms. The monoisotopic (exact) mass is 408 g/mol. The van der Waals surface area contributed by atoms with Crippen molar-refractivity contribution in [1.29, 1.82) is 0 Å². The number of hydrogen-bond acceptors (Lipinski definition) is 2. The zero-order chi connectivity index (χ0) is 21.7. The highest BCUT2D eigenvalue weighted by molar-refractivity contribution is 5.96. The Balaban J connectivity index is 2.17. The molecule has 30 heavy (non-hydrogen) atoms. The van der Waals surface area contributed by atoms with Crippen LogP contribution in [0.3, 0.4) is 0 Å². The van der Waals surface area contributed by atoms with Crippen molar-refractivity contribution in [2.24, 2.45) is 0 Å². The molecule has 3 rings (SSSR count). The first-order chi connectivity index (χ1) is 14.5. The van der Waals surface area contributed by atoms with E-state index < -0.39 is 0 Å². The Kier molecular flexibility index (Phi) is 6.93. The minimum Gasteiger partial charge on any atom is -0.496 e. The molecule has 1 amide bonds. The molecular weight excluding hydrogens is 379 g/mol. The summed E-state index contributed by atoms with van der Waals surface area (Å²) in [6.45, 7) is 6.11. The highest BCUT2D eigenvalue weighted by atomic mass is 19.1. The molecule has 2 aromatic carbocycles. The Morgan fingerprint density at radius 2 is 1.83 bits per heavy atom. The number of methoxy groups -OCH3 is 1. The molecule has 1 heterocycles. The van der Waals surface area contributed by atoms with Crippen LogP contribution in [0.1, 0.15) is 55.6 Å². The van der Waals surface area contributed by atoms with Crippen molar-refractivity contribution in [2.45, 2.75) is 45.7 Å². The van der Waals surface area contributed by atoms with Crippen LogP contribution < -0.4 is 10.1 Å². The van der Waals surface area contributed by atoms with Crippen molar-refractivity contribution in [3.63, 3.8) is 0 Å². The number of hydrogen-bond donors (Lipinski definition) is 1. The van der Waals surface area contributed by atoms with E-state index in [-0.39, 0.29) is 23.8 Å². The highest BCUT2D eigenvalue weighted by Gasteiger charge is 2.22. The molecule has 0 saturated heterocycles. The van der Waals surface area contributed by atoms with Crippen molar-refractivity contribution in [3.8, 4) is 17.0 Å². The smallest absolute Gasteiger partial charge is 0.253 e. The number of benzene rings is 2. The van der Waals surface area contributed by atoms with Crippen LogP contribution in [0.15, 0.2) is 60.8 Å². The first kappa shape index (κ1) is 21.6. The van der Waals surface area contributed by atoms with Gasteiger partial charge < -0.3 is 14.6 Å². The summed E-state index contributed by atoms with van der Waals surface area (Å²) in [4.78, 5) is 12.8. The predicted octanol–water partition coefficient (Wildman–Crippen LogP) is 5.83. The molecule has 4 nitrogen and oxygen atoms in total. The normalized spacial score (nSPS) is 13.0. The number of halogens is 1. The fourth-order valence-electron chi connectivity index (χ4n) is 3.64. The van der Waals surface area contributed by atoms with Crippen LogP contribution in [0.2, 0.25) is 0 Å². The second-order valence-corrected chi connectivity index (χ2v) is 7.48. The van der Waals surface area contributed by atoms with E-state index in [1.54, 1.807) is 13.2 Å². The number of ether oxygens (including phenoxy) is 1. The summed E-state index contributed by atoms with van der Waals surface area (Å²) in [5.74, 6) is 0.0760. The van der Waals surface area contributed by atoms with E-state index >= 15 is 0 Å². The molecule has 0 aliphatic rings. The molecule has 1 N–H and O–H groups in total. The molecule has 5 heteroatoms. The van der Waals surface area contributed by atoms with E-state index in [2.05, 4.69) is 28.9 Å². The average Bonchev–Trinajstić information content (AvgIpc) is 3.20. The van der Waals surface area contributed by atoms with Gasteiger partial charge in [-0.05, 0) is 49.6 Å². The Bertz CT molecular complexity index is 998. The van der Waals surface area contributed by atoms with E-state index in [1.165, 1.54) is 12.1 Å². The van der Waals surface area contributed by atoms with Crippen LogP contribution in [-0.4, -0.2) is 23.6 Å². The van der Waals surface area contributed by atoms with Crippen LogP contribution >= 0.6 is 0 Å². The van der Waals surface area contributed by atoms with Crippen LogP contribution in [0.5, 0.6) is 5.75 Å². The van der Waals surface area contributed by atoms with Gasteiger partial charge in [0.1, 0.15) is 11.6 Å². The van der Waals surface area contributed by atoms with Crippen LogP contribution in [-0.2, 0) is 0 Å². The van der Waals surface area contributed by atoms with Gasteiger partial charge in [0.2, 0.25) is 0 Å². The standard InChI is InChI=1S/C25H29FN2O2/c1-5-17(3)27-25(29)19-14-23(21-15-20(26)12-13-24(21)30-4)28(16-19)22(6-2)18-10-8-7-9-11-18/h7-17,22H,5-6H2,1-4H3,(H,27,29)/t17?,22-/m0/s1. The topological polar surface area (TPSA) is 43.3 Å². The fraction of sp³-hybridized carbons (Fsp3) is 0.320. The number of rotatable bonds is 8. The number of carbonyl (C=O) groups is 1. The van der Waals surface area contributed by atoms with Crippen molar-refractivity contribution < 1.29 is 13.9 Å². The van der Waals surface area contributed by atoms with Gasteiger partial charge in [-0.3, -0.25) is 4.79 Å². The second kappa shape index (κ2) is 9.61. The summed E-state index contributed by atoms with van der Waals surface area (Å²) in [5.41, 5.74) is 3.04. The van der Waals surface area contributed by atoms with Crippen LogP contribution in [0.4, 0.5) is 4.39 Å². The van der Waals surface area contributed by atoms with Gasteiger partial charge in [0.05, 0.1) is 24.4 Å². The maximum atomic E-state index is 14.1. The summed E-state index contributed by atoms with van der Waals surface area (Å²) < 4.78 is 21.7. The maximum Gasteiger partial charge on any atom is 0.253 e. The minimum atomic E-state index is -0.350. The predicted molar refractivity (Wildman–Crippen MR) is 118 cm³/mol. The average molecular weight is 409 g/mol. The molecule has 0 fully saturated rings. The van der Waals surface area contributed by atoms with Gasteiger partial charge in [0, 0.05) is 17.8 Å². The van der Waals surface area contributed by atoms with Gasteiger partial charge in [-0.25, -0.2) is 4.39 Å². The quantitative estimate of drug-likeness (QED) is 0.509. The second-order valence-electron chi connectivity index (χ2n) is 7.48. The van der Waals surface area contributed by atoms with Gasteiger partial charge in [0.15, 0.2) is 0 Å².